The molecule has 0 aliphatic carbocycles. The zero-order chi connectivity index (χ0) is 22.0. The van der Waals surface area contributed by atoms with Gasteiger partial charge in [0.05, 0.1) is 21.7 Å². The van der Waals surface area contributed by atoms with Gasteiger partial charge in [-0.3, -0.25) is 19.7 Å². The predicted molar refractivity (Wildman–Crippen MR) is 104 cm³/mol. The van der Waals surface area contributed by atoms with Gasteiger partial charge in [-0.1, -0.05) is 17.4 Å². The third kappa shape index (κ3) is 4.25. The Hall–Kier alpha value is -3.47. The molecule has 0 atom stereocenters. The molecule has 0 aliphatic heterocycles. The first kappa shape index (κ1) is 21.2. The van der Waals surface area contributed by atoms with Crippen LogP contribution >= 0.6 is 11.3 Å². The highest BCUT2D eigenvalue weighted by Gasteiger charge is 2.18. The summed E-state index contributed by atoms with van der Waals surface area (Å²) < 4.78 is 34.1. The van der Waals surface area contributed by atoms with Crippen LogP contribution in [0.2, 0.25) is 0 Å². The monoisotopic (exact) mass is 435 g/mol. The summed E-state index contributed by atoms with van der Waals surface area (Å²) in [4.78, 5) is 38.9. The van der Waals surface area contributed by atoms with E-state index in [0.29, 0.717) is 11.6 Å². The summed E-state index contributed by atoms with van der Waals surface area (Å²) in [6, 6.07) is 5.59. The molecule has 11 heteroatoms. The maximum Gasteiger partial charge on any atom is 0.326 e. The molecule has 2 aromatic carbocycles. The zero-order valence-corrected chi connectivity index (χ0v) is 16.7. The van der Waals surface area contributed by atoms with Crippen molar-refractivity contribution in [3.8, 4) is 0 Å². The van der Waals surface area contributed by atoms with Crippen LogP contribution in [0.4, 0.5) is 14.5 Å². The van der Waals surface area contributed by atoms with E-state index >= 15 is 0 Å². The minimum atomic E-state index is -0.926. The van der Waals surface area contributed by atoms with Crippen LogP contribution in [-0.4, -0.2) is 28.0 Å². The van der Waals surface area contributed by atoms with Gasteiger partial charge in [-0.2, -0.15) is 4.99 Å². The fourth-order valence-corrected chi connectivity index (χ4v) is 3.85. The highest BCUT2D eigenvalue weighted by molar-refractivity contribution is 7.16. The average molecular weight is 435 g/mol. The van der Waals surface area contributed by atoms with E-state index in [1.807, 2.05) is 0 Å². The number of thiazole rings is 1. The largest absolute Gasteiger partial charge is 0.465 e. The average Bonchev–Trinajstić information content (AvgIpc) is 2.98. The van der Waals surface area contributed by atoms with Gasteiger partial charge in [0.1, 0.15) is 12.4 Å². The summed E-state index contributed by atoms with van der Waals surface area (Å²) in [5.74, 6) is -3.27. The van der Waals surface area contributed by atoms with E-state index in [1.165, 1.54) is 19.1 Å². The maximum absolute atomic E-state index is 14.4. The smallest absolute Gasteiger partial charge is 0.326 e. The molecule has 0 aliphatic rings. The topological polar surface area (TPSA) is 104 Å². The summed E-state index contributed by atoms with van der Waals surface area (Å²) in [7, 11) is 0. The normalized spacial score (nSPS) is 11.7. The van der Waals surface area contributed by atoms with E-state index in [4.69, 9.17) is 4.74 Å². The quantitative estimate of drug-likeness (QED) is 0.347. The molecule has 30 heavy (non-hydrogen) atoms. The highest BCUT2D eigenvalue weighted by atomic mass is 32.1. The lowest BCUT2D eigenvalue weighted by atomic mass is 10.1. The van der Waals surface area contributed by atoms with E-state index in [2.05, 4.69) is 4.99 Å². The molecule has 0 radical (unpaired) electrons. The lowest BCUT2D eigenvalue weighted by molar-refractivity contribution is -0.385. The third-order valence-corrected chi connectivity index (χ3v) is 5.16. The third-order valence-electron chi connectivity index (χ3n) is 4.14. The van der Waals surface area contributed by atoms with Gasteiger partial charge < -0.3 is 9.30 Å². The van der Waals surface area contributed by atoms with Gasteiger partial charge in [0.25, 0.3) is 11.6 Å². The van der Waals surface area contributed by atoms with E-state index < -0.39 is 35.0 Å². The second kappa shape index (κ2) is 8.49. The molecule has 8 nitrogen and oxygen atoms in total. The second-order valence-electron chi connectivity index (χ2n) is 6.19. The molecule has 0 unspecified atom stereocenters. The fraction of sp³-hybridized carbons (Fsp3) is 0.211. The minimum absolute atomic E-state index is 0.0564. The van der Waals surface area contributed by atoms with Crippen molar-refractivity contribution in [1.82, 2.24) is 4.57 Å². The van der Waals surface area contributed by atoms with Crippen molar-refractivity contribution in [3.63, 3.8) is 0 Å². The standard InChI is InChI=1S/C19H15F2N3O5S/c1-3-29-16(25)9-23-17-13(21)7-12(20)8-15(17)30-19(23)22-18(26)11-5-4-10(2)14(6-11)24(27)28/h4-8H,3,9H2,1-2H3. The lowest BCUT2D eigenvalue weighted by Gasteiger charge is -2.06. The number of amides is 1. The van der Waals surface area contributed by atoms with Crippen molar-refractivity contribution >= 4 is 39.1 Å². The van der Waals surface area contributed by atoms with Crippen molar-refractivity contribution in [2.45, 2.75) is 20.4 Å². The molecule has 0 fully saturated rings. The lowest BCUT2D eigenvalue weighted by Crippen LogP contribution is -2.23. The Labute approximate surface area is 172 Å². The van der Waals surface area contributed by atoms with Crippen LogP contribution < -0.4 is 4.80 Å². The number of fused-ring (bicyclic) bond motifs is 1. The van der Waals surface area contributed by atoms with Gasteiger partial charge >= 0.3 is 5.97 Å². The Morgan fingerprint density at radius 1 is 1.27 bits per heavy atom. The van der Waals surface area contributed by atoms with Crippen molar-refractivity contribution < 1.29 is 28.0 Å². The molecule has 0 bridgehead atoms. The number of halogens is 2. The number of aromatic nitrogens is 1. The molecular weight excluding hydrogens is 420 g/mol. The highest BCUT2D eigenvalue weighted by Crippen LogP contribution is 2.23. The molecule has 1 heterocycles. The Balaban J connectivity index is 2.16. The molecule has 3 aromatic rings. The number of benzene rings is 2. The number of nitro groups is 1. The number of nitro benzene ring substituents is 1. The Morgan fingerprint density at radius 2 is 2.00 bits per heavy atom. The number of esters is 1. The van der Waals surface area contributed by atoms with Gasteiger partial charge in [0, 0.05) is 23.3 Å². The summed E-state index contributed by atoms with van der Waals surface area (Å²) >= 11 is 0.803. The van der Waals surface area contributed by atoms with Crippen LogP contribution in [0.5, 0.6) is 0 Å². The van der Waals surface area contributed by atoms with E-state index in [9.17, 15) is 28.5 Å². The summed E-state index contributed by atoms with van der Waals surface area (Å²) in [6.07, 6.45) is 0. The van der Waals surface area contributed by atoms with Gasteiger partial charge in [-0.25, -0.2) is 8.78 Å². The molecule has 0 saturated carbocycles. The van der Waals surface area contributed by atoms with Crippen LogP contribution in [0.15, 0.2) is 35.3 Å². The first-order chi connectivity index (χ1) is 14.2. The van der Waals surface area contributed by atoms with Crippen LogP contribution in [0.3, 0.4) is 0 Å². The van der Waals surface area contributed by atoms with E-state index in [0.717, 1.165) is 28.0 Å². The predicted octanol–water partition coefficient (Wildman–Crippen LogP) is 3.50. The van der Waals surface area contributed by atoms with Gasteiger partial charge in [-0.05, 0) is 26.0 Å². The van der Waals surface area contributed by atoms with Gasteiger partial charge in [0.2, 0.25) is 0 Å². The van der Waals surface area contributed by atoms with Crippen LogP contribution in [0, 0.1) is 28.7 Å². The van der Waals surface area contributed by atoms with Crippen LogP contribution in [-0.2, 0) is 16.1 Å². The molecule has 1 aromatic heterocycles. The molecule has 156 valence electrons. The summed E-state index contributed by atoms with van der Waals surface area (Å²) in [5.41, 5.74) is -0.0387. The molecule has 0 saturated heterocycles. The van der Waals surface area contributed by atoms with Gasteiger partial charge in [0.15, 0.2) is 10.6 Å². The van der Waals surface area contributed by atoms with Crippen molar-refractivity contribution in [3.05, 3.63) is 68.0 Å². The van der Waals surface area contributed by atoms with Crippen LogP contribution in [0.25, 0.3) is 10.2 Å². The minimum Gasteiger partial charge on any atom is -0.465 e. The molecule has 3 rings (SSSR count). The first-order valence-corrected chi connectivity index (χ1v) is 9.51. The first-order valence-electron chi connectivity index (χ1n) is 8.69. The van der Waals surface area contributed by atoms with Crippen molar-refractivity contribution in [1.29, 1.82) is 0 Å². The maximum atomic E-state index is 14.4. The van der Waals surface area contributed by atoms with Crippen molar-refractivity contribution in [2.24, 2.45) is 4.99 Å². The zero-order valence-electron chi connectivity index (χ0n) is 15.8. The number of ether oxygens (including phenoxy) is 1. The number of carbonyl (C=O) groups is 2. The number of aryl methyl sites for hydroxylation is 1. The number of carbonyl (C=O) groups excluding carboxylic acids is 2. The Kier molecular flexibility index (Phi) is 6.01. The summed E-state index contributed by atoms with van der Waals surface area (Å²) in [6.45, 7) is 2.77. The molecular formula is C19H15F2N3O5S. The Bertz CT molecular complexity index is 1250. The van der Waals surface area contributed by atoms with E-state index in [1.54, 1.807) is 6.92 Å². The van der Waals surface area contributed by atoms with E-state index in [-0.39, 0.29) is 32.9 Å². The molecule has 1 amide bonds. The number of rotatable bonds is 5. The van der Waals surface area contributed by atoms with Crippen molar-refractivity contribution in [2.75, 3.05) is 6.61 Å². The number of hydrogen-bond donors (Lipinski definition) is 0. The number of nitrogens with zero attached hydrogens (tertiary/aromatic N) is 3. The summed E-state index contributed by atoms with van der Waals surface area (Å²) in [5, 5.41) is 11.1. The van der Waals surface area contributed by atoms with Gasteiger partial charge in [-0.15, -0.1) is 0 Å². The second-order valence-corrected chi connectivity index (χ2v) is 7.19. The number of hydrogen-bond acceptors (Lipinski definition) is 6. The van der Waals surface area contributed by atoms with Crippen LogP contribution in [0.1, 0.15) is 22.8 Å². The SMILES string of the molecule is CCOC(=O)Cn1c(=NC(=O)c2ccc(C)c([N+](=O)[O-])c2)sc2cc(F)cc(F)c21. The Morgan fingerprint density at radius 3 is 2.67 bits per heavy atom. The molecule has 0 N–H and O–H groups in total. The fourth-order valence-electron chi connectivity index (χ4n) is 2.79. The molecule has 0 spiro atoms.